The molecule has 5 fully saturated rings. The standard InChI is InChI=1S/C17H26BrNO/c18-3-1-12-2-4-19(11-12)16(20)17-8-13-5-14(9-17)7-15(6-13)10-17/h12-15H,1-11H2. The molecule has 0 radical (unpaired) electrons. The van der Waals surface area contributed by atoms with E-state index in [0.717, 1.165) is 42.1 Å². The molecule has 5 rings (SSSR count). The van der Waals surface area contributed by atoms with Gasteiger partial charge < -0.3 is 4.90 Å². The number of likely N-dealkylation sites (tertiary alicyclic amines) is 1. The summed E-state index contributed by atoms with van der Waals surface area (Å²) in [5, 5.41) is 1.08. The molecule has 1 heterocycles. The lowest BCUT2D eigenvalue weighted by molar-refractivity contribution is -0.156. The molecule has 0 aromatic rings. The maximum Gasteiger partial charge on any atom is 0.228 e. The summed E-state index contributed by atoms with van der Waals surface area (Å²) in [6.45, 7) is 2.06. The summed E-state index contributed by atoms with van der Waals surface area (Å²) in [7, 11) is 0. The molecule has 1 aliphatic heterocycles. The maximum atomic E-state index is 13.2. The van der Waals surface area contributed by atoms with Crippen LogP contribution in [0.15, 0.2) is 0 Å². The van der Waals surface area contributed by atoms with Crippen LogP contribution in [-0.2, 0) is 4.79 Å². The van der Waals surface area contributed by atoms with E-state index in [0.29, 0.717) is 5.91 Å². The van der Waals surface area contributed by atoms with Gasteiger partial charge in [-0.25, -0.2) is 0 Å². The lowest BCUT2D eigenvalue weighted by atomic mass is 9.49. The van der Waals surface area contributed by atoms with Crippen molar-refractivity contribution in [2.45, 2.75) is 51.4 Å². The molecule has 5 aliphatic rings. The van der Waals surface area contributed by atoms with E-state index in [9.17, 15) is 4.79 Å². The SMILES string of the molecule is O=C(N1CCC(CCBr)C1)C12CC3CC(CC(C3)C1)C2. The second-order valence-corrected chi connectivity index (χ2v) is 8.87. The fourth-order valence-electron chi connectivity index (χ4n) is 6.12. The summed E-state index contributed by atoms with van der Waals surface area (Å²) in [6.07, 6.45) is 10.4. The first-order valence-corrected chi connectivity index (χ1v) is 9.66. The summed E-state index contributed by atoms with van der Waals surface area (Å²) in [5.74, 6) is 3.93. The van der Waals surface area contributed by atoms with Gasteiger partial charge in [-0.2, -0.15) is 0 Å². The fourth-order valence-corrected chi connectivity index (χ4v) is 6.76. The minimum absolute atomic E-state index is 0.0814. The van der Waals surface area contributed by atoms with E-state index >= 15 is 0 Å². The van der Waals surface area contributed by atoms with Crippen LogP contribution in [0.1, 0.15) is 51.4 Å². The summed E-state index contributed by atoms with van der Waals surface area (Å²) in [5.41, 5.74) is 0.0814. The average molecular weight is 340 g/mol. The summed E-state index contributed by atoms with van der Waals surface area (Å²) in [4.78, 5) is 15.4. The van der Waals surface area contributed by atoms with Gasteiger partial charge in [0.2, 0.25) is 5.91 Å². The smallest absolute Gasteiger partial charge is 0.228 e. The van der Waals surface area contributed by atoms with Crippen molar-refractivity contribution in [3.05, 3.63) is 0 Å². The first-order chi connectivity index (χ1) is 9.68. The van der Waals surface area contributed by atoms with E-state index in [1.54, 1.807) is 0 Å². The molecule has 4 bridgehead atoms. The van der Waals surface area contributed by atoms with Gasteiger partial charge in [-0.3, -0.25) is 4.79 Å². The van der Waals surface area contributed by atoms with Crippen molar-refractivity contribution in [3.63, 3.8) is 0 Å². The van der Waals surface area contributed by atoms with Gasteiger partial charge in [0.25, 0.3) is 0 Å². The van der Waals surface area contributed by atoms with E-state index in [4.69, 9.17) is 0 Å². The lowest BCUT2D eigenvalue weighted by Crippen LogP contribution is -2.54. The molecule has 20 heavy (non-hydrogen) atoms. The largest absolute Gasteiger partial charge is 0.342 e. The number of hydrogen-bond acceptors (Lipinski definition) is 1. The van der Waals surface area contributed by atoms with Crippen molar-refractivity contribution in [2.24, 2.45) is 29.1 Å². The van der Waals surface area contributed by atoms with E-state index in [1.165, 1.54) is 51.4 Å². The lowest BCUT2D eigenvalue weighted by Gasteiger charge is -2.56. The van der Waals surface area contributed by atoms with Gasteiger partial charge in [0.05, 0.1) is 5.41 Å². The normalized spacial score (nSPS) is 46.1. The van der Waals surface area contributed by atoms with Crippen molar-refractivity contribution in [1.29, 1.82) is 0 Å². The topological polar surface area (TPSA) is 20.3 Å². The molecule has 0 aromatic heterocycles. The Labute approximate surface area is 130 Å². The minimum atomic E-state index is 0.0814. The molecule has 0 aromatic carbocycles. The Morgan fingerprint density at radius 2 is 1.70 bits per heavy atom. The molecular formula is C17H26BrNO. The second kappa shape index (κ2) is 5.00. The van der Waals surface area contributed by atoms with Crippen LogP contribution >= 0.6 is 15.9 Å². The third kappa shape index (κ3) is 2.15. The Balaban J connectivity index is 1.48. The number of carbonyl (C=O) groups is 1. The summed E-state index contributed by atoms with van der Waals surface area (Å²) < 4.78 is 0. The highest BCUT2D eigenvalue weighted by Crippen LogP contribution is 2.60. The zero-order chi connectivity index (χ0) is 13.7. The van der Waals surface area contributed by atoms with Gasteiger partial charge in [-0.05, 0) is 75.0 Å². The van der Waals surface area contributed by atoms with Crippen LogP contribution in [0.4, 0.5) is 0 Å². The first kappa shape index (κ1) is 13.6. The van der Waals surface area contributed by atoms with E-state index in [2.05, 4.69) is 20.8 Å². The van der Waals surface area contributed by atoms with Crippen molar-refractivity contribution in [2.75, 3.05) is 18.4 Å². The summed E-state index contributed by atoms with van der Waals surface area (Å²) in [6, 6.07) is 0. The number of rotatable bonds is 3. The quantitative estimate of drug-likeness (QED) is 0.715. The van der Waals surface area contributed by atoms with Crippen LogP contribution in [0.5, 0.6) is 0 Å². The van der Waals surface area contributed by atoms with E-state index < -0.39 is 0 Å². The number of nitrogens with zero attached hydrogens (tertiary/aromatic N) is 1. The second-order valence-electron chi connectivity index (χ2n) is 8.08. The monoisotopic (exact) mass is 339 g/mol. The highest BCUT2D eigenvalue weighted by molar-refractivity contribution is 9.09. The van der Waals surface area contributed by atoms with Gasteiger partial charge in [0.15, 0.2) is 0 Å². The van der Waals surface area contributed by atoms with Crippen molar-refractivity contribution >= 4 is 21.8 Å². The number of hydrogen-bond donors (Lipinski definition) is 0. The molecule has 0 spiro atoms. The minimum Gasteiger partial charge on any atom is -0.342 e. The van der Waals surface area contributed by atoms with Crippen LogP contribution in [-0.4, -0.2) is 29.2 Å². The van der Waals surface area contributed by atoms with Gasteiger partial charge >= 0.3 is 0 Å². The average Bonchev–Trinajstić information content (AvgIpc) is 2.85. The molecule has 4 saturated carbocycles. The molecule has 2 nitrogen and oxygen atoms in total. The Kier molecular flexibility index (Phi) is 3.40. The van der Waals surface area contributed by atoms with Gasteiger partial charge in [-0.1, -0.05) is 15.9 Å². The van der Waals surface area contributed by atoms with Crippen molar-refractivity contribution in [1.82, 2.24) is 4.90 Å². The third-order valence-electron chi connectivity index (χ3n) is 6.58. The van der Waals surface area contributed by atoms with Gasteiger partial charge in [-0.15, -0.1) is 0 Å². The maximum absolute atomic E-state index is 13.2. The molecule has 3 heteroatoms. The molecule has 1 atom stereocenters. The van der Waals surface area contributed by atoms with Crippen LogP contribution in [0.2, 0.25) is 0 Å². The predicted octanol–water partition coefficient (Wildman–Crippen LogP) is 3.84. The molecule has 4 aliphatic carbocycles. The van der Waals surface area contributed by atoms with Gasteiger partial charge in [0.1, 0.15) is 0 Å². The molecule has 1 amide bonds. The Morgan fingerprint density at radius 3 is 2.25 bits per heavy atom. The molecular weight excluding hydrogens is 314 g/mol. The third-order valence-corrected chi connectivity index (χ3v) is 7.04. The van der Waals surface area contributed by atoms with Crippen LogP contribution < -0.4 is 0 Å². The van der Waals surface area contributed by atoms with Crippen molar-refractivity contribution < 1.29 is 4.79 Å². The number of carbonyl (C=O) groups excluding carboxylic acids is 1. The van der Waals surface area contributed by atoms with E-state index in [1.807, 2.05) is 0 Å². The number of amides is 1. The van der Waals surface area contributed by atoms with Crippen LogP contribution in [0.3, 0.4) is 0 Å². The van der Waals surface area contributed by atoms with Crippen molar-refractivity contribution in [3.8, 4) is 0 Å². The van der Waals surface area contributed by atoms with Crippen LogP contribution in [0, 0.1) is 29.1 Å². The number of alkyl halides is 1. The van der Waals surface area contributed by atoms with E-state index in [-0.39, 0.29) is 5.41 Å². The zero-order valence-electron chi connectivity index (χ0n) is 12.3. The van der Waals surface area contributed by atoms with Gasteiger partial charge in [0, 0.05) is 18.4 Å². The molecule has 112 valence electrons. The Hall–Kier alpha value is -0.0500. The molecule has 0 N–H and O–H groups in total. The highest BCUT2D eigenvalue weighted by atomic mass is 79.9. The molecule has 1 unspecified atom stereocenters. The fraction of sp³-hybridized carbons (Fsp3) is 0.941. The summed E-state index contributed by atoms with van der Waals surface area (Å²) >= 11 is 3.54. The van der Waals surface area contributed by atoms with Crippen LogP contribution in [0.25, 0.3) is 0 Å². The Bertz CT molecular complexity index is 373. The Morgan fingerprint density at radius 1 is 1.10 bits per heavy atom. The predicted molar refractivity (Wildman–Crippen MR) is 83.7 cm³/mol. The molecule has 1 saturated heterocycles. The number of halogens is 1. The first-order valence-electron chi connectivity index (χ1n) is 8.54. The zero-order valence-corrected chi connectivity index (χ0v) is 13.9. The highest BCUT2D eigenvalue weighted by Gasteiger charge is 2.55.